The van der Waals surface area contributed by atoms with Crippen LogP contribution in [0.1, 0.15) is 39.5 Å². The summed E-state index contributed by atoms with van der Waals surface area (Å²) in [5.41, 5.74) is 5.82. The number of rotatable bonds is 2. The number of hydrogen-bond donors (Lipinski definition) is 1. The number of amides is 1. The van der Waals surface area contributed by atoms with Crippen molar-refractivity contribution in [1.29, 1.82) is 0 Å². The van der Waals surface area contributed by atoms with E-state index in [0.29, 0.717) is 31.8 Å². The second-order valence-corrected chi connectivity index (χ2v) is 6.67. The number of hydrogen-bond acceptors (Lipinski definition) is 2. The van der Waals surface area contributed by atoms with Crippen LogP contribution in [0.2, 0.25) is 0 Å². The van der Waals surface area contributed by atoms with Crippen LogP contribution < -0.4 is 5.73 Å². The van der Waals surface area contributed by atoms with E-state index in [-0.39, 0.29) is 30.2 Å². The van der Waals surface area contributed by atoms with Crippen molar-refractivity contribution in [3.05, 3.63) is 0 Å². The quantitative estimate of drug-likeness (QED) is 0.850. The normalized spacial score (nSPS) is 30.2. The Morgan fingerprint density at radius 2 is 1.70 bits per heavy atom. The summed E-state index contributed by atoms with van der Waals surface area (Å²) in [5.74, 6) is -1.18. The van der Waals surface area contributed by atoms with Gasteiger partial charge in [-0.3, -0.25) is 4.79 Å². The van der Waals surface area contributed by atoms with E-state index >= 15 is 0 Å². The highest BCUT2D eigenvalue weighted by Gasteiger charge is 2.47. The second-order valence-electron chi connectivity index (χ2n) is 6.67. The number of nitrogens with zero attached hydrogens (tertiary/aromatic N) is 1. The maximum absolute atomic E-state index is 12.6. The molecule has 0 aromatic carbocycles. The third-order valence-corrected chi connectivity index (χ3v) is 4.97. The van der Waals surface area contributed by atoms with Gasteiger partial charge in [-0.15, -0.1) is 0 Å². The SMILES string of the molecule is CC(C)C1(N)CN(C(=O)C2CCC(C(F)(F)F)CC2)C1. The van der Waals surface area contributed by atoms with Gasteiger partial charge in [-0.05, 0) is 31.6 Å². The summed E-state index contributed by atoms with van der Waals surface area (Å²) in [6.45, 7) is 5.11. The molecule has 2 rings (SSSR count). The van der Waals surface area contributed by atoms with Gasteiger partial charge in [0.1, 0.15) is 0 Å². The summed E-state index contributed by atoms with van der Waals surface area (Å²) in [5, 5.41) is 0. The van der Waals surface area contributed by atoms with Crippen molar-refractivity contribution >= 4 is 5.91 Å². The third kappa shape index (κ3) is 2.95. The number of carbonyl (C=O) groups is 1. The Balaban J connectivity index is 1.82. The molecule has 0 bridgehead atoms. The van der Waals surface area contributed by atoms with Crippen LogP contribution in [-0.4, -0.2) is 35.6 Å². The molecule has 0 atom stereocenters. The lowest BCUT2D eigenvalue weighted by Crippen LogP contribution is -2.71. The summed E-state index contributed by atoms with van der Waals surface area (Å²) in [6.07, 6.45) is -3.27. The fraction of sp³-hybridized carbons (Fsp3) is 0.929. The van der Waals surface area contributed by atoms with E-state index in [1.165, 1.54) is 0 Å². The van der Waals surface area contributed by atoms with Crippen molar-refractivity contribution < 1.29 is 18.0 Å². The van der Waals surface area contributed by atoms with Gasteiger partial charge in [-0.25, -0.2) is 0 Å². The molecule has 0 spiro atoms. The monoisotopic (exact) mass is 292 g/mol. The number of halogens is 3. The van der Waals surface area contributed by atoms with Crippen LogP contribution in [0.15, 0.2) is 0 Å². The van der Waals surface area contributed by atoms with Gasteiger partial charge in [0.2, 0.25) is 5.91 Å². The molecule has 116 valence electrons. The lowest BCUT2D eigenvalue weighted by atomic mass is 9.77. The van der Waals surface area contributed by atoms with E-state index in [0.717, 1.165) is 0 Å². The van der Waals surface area contributed by atoms with E-state index in [1.54, 1.807) is 4.90 Å². The van der Waals surface area contributed by atoms with Gasteiger partial charge in [0.25, 0.3) is 0 Å². The van der Waals surface area contributed by atoms with Gasteiger partial charge in [-0.2, -0.15) is 13.2 Å². The van der Waals surface area contributed by atoms with E-state index < -0.39 is 12.1 Å². The van der Waals surface area contributed by atoms with Crippen LogP contribution in [0.5, 0.6) is 0 Å². The van der Waals surface area contributed by atoms with E-state index in [4.69, 9.17) is 5.73 Å². The van der Waals surface area contributed by atoms with Gasteiger partial charge in [0.15, 0.2) is 0 Å². The number of alkyl halides is 3. The fourth-order valence-electron chi connectivity index (χ4n) is 3.11. The van der Waals surface area contributed by atoms with Crippen LogP contribution in [-0.2, 0) is 4.79 Å². The van der Waals surface area contributed by atoms with Gasteiger partial charge in [0, 0.05) is 19.0 Å². The van der Waals surface area contributed by atoms with Crippen molar-refractivity contribution in [2.24, 2.45) is 23.5 Å². The zero-order valence-corrected chi connectivity index (χ0v) is 12.0. The van der Waals surface area contributed by atoms with Crippen molar-refractivity contribution in [3.8, 4) is 0 Å². The van der Waals surface area contributed by atoms with Crippen LogP contribution >= 0.6 is 0 Å². The molecule has 0 aromatic heterocycles. The van der Waals surface area contributed by atoms with E-state index in [1.807, 2.05) is 13.8 Å². The second kappa shape index (κ2) is 5.20. The first kappa shape index (κ1) is 15.6. The van der Waals surface area contributed by atoms with Crippen LogP contribution in [0, 0.1) is 17.8 Å². The fourth-order valence-corrected chi connectivity index (χ4v) is 3.11. The molecule has 1 aliphatic heterocycles. The number of nitrogens with two attached hydrogens (primary N) is 1. The van der Waals surface area contributed by atoms with Gasteiger partial charge in [-0.1, -0.05) is 13.8 Å². The molecule has 1 saturated heterocycles. The van der Waals surface area contributed by atoms with Gasteiger partial charge in [0.05, 0.1) is 11.5 Å². The van der Waals surface area contributed by atoms with Crippen molar-refractivity contribution in [2.45, 2.75) is 51.2 Å². The number of carbonyl (C=O) groups excluding carboxylic acids is 1. The lowest BCUT2D eigenvalue weighted by molar-refractivity contribution is -0.186. The molecule has 20 heavy (non-hydrogen) atoms. The maximum atomic E-state index is 12.6. The minimum atomic E-state index is -4.12. The predicted molar refractivity (Wildman–Crippen MR) is 69.8 cm³/mol. The summed E-state index contributed by atoms with van der Waals surface area (Å²) in [6, 6.07) is 0. The molecule has 1 saturated carbocycles. The van der Waals surface area contributed by atoms with Crippen LogP contribution in [0.25, 0.3) is 0 Å². The first-order valence-electron chi connectivity index (χ1n) is 7.28. The Hall–Kier alpha value is -0.780. The molecular weight excluding hydrogens is 269 g/mol. The first-order valence-corrected chi connectivity index (χ1v) is 7.28. The van der Waals surface area contributed by atoms with Gasteiger partial charge >= 0.3 is 6.18 Å². The molecular formula is C14H23F3N2O. The third-order valence-electron chi connectivity index (χ3n) is 4.97. The van der Waals surface area contributed by atoms with Crippen molar-refractivity contribution in [3.63, 3.8) is 0 Å². The molecule has 2 aliphatic rings. The molecule has 0 aromatic rings. The predicted octanol–water partition coefficient (Wildman–Crippen LogP) is 2.55. The topological polar surface area (TPSA) is 46.3 Å². The zero-order chi connectivity index (χ0) is 15.1. The van der Waals surface area contributed by atoms with Crippen LogP contribution in [0.4, 0.5) is 13.2 Å². The summed E-state index contributed by atoms with van der Waals surface area (Å²) < 4.78 is 37.8. The molecule has 1 amide bonds. The lowest BCUT2D eigenvalue weighted by Gasteiger charge is -2.51. The molecule has 2 N–H and O–H groups in total. The molecule has 0 radical (unpaired) electrons. The Bertz CT molecular complexity index is 367. The Labute approximate surface area is 117 Å². The minimum absolute atomic E-state index is 0.00708. The van der Waals surface area contributed by atoms with E-state index in [9.17, 15) is 18.0 Å². The Morgan fingerprint density at radius 3 is 2.10 bits per heavy atom. The summed E-state index contributed by atoms with van der Waals surface area (Å²) >= 11 is 0. The number of likely N-dealkylation sites (tertiary alicyclic amines) is 1. The highest BCUT2D eigenvalue weighted by molar-refractivity contribution is 5.80. The molecule has 2 fully saturated rings. The summed E-state index contributed by atoms with van der Waals surface area (Å²) in [4.78, 5) is 13.9. The van der Waals surface area contributed by atoms with Crippen LogP contribution in [0.3, 0.4) is 0 Å². The largest absolute Gasteiger partial charge is 0.391 e. The summed E-state index contributed by atoms with van der Waals surface area (Å²) in [7, 11) is 0. The van der Waals surface area contributed by atoms with Gasteiger partial charge < -0.3 is 10.6 Å². The van der Waals surface area contributed by atoms with E-state index in [2.05, 4.69) is 0 Å². The molecule has 1 aliphatic carbocycles. The minimum Gasteiger partial charge on any atom is -0.339 e. The molecule has 1 heterocycles. The Morgan fingerprint density at radius 1 is 1.20 bits per heavy atom. The van der Waals surface area contributed by atoms with Crippen molar-refractivity contribution in [1.82, 2.24) is 4.90 Å². The molecule has 0 unspecified atom stereocenters. The zero-order valence-electron chi connectivity index (χ0n) is 12.0. The highest BCUT2D eigenvalue weighted by Crippen LogP contribution is 2.40. The van der Waals surface area contributed by atoms with Crippen molar-refractivity contribution in [2.75, 3.05) is 13.1 Å². The standard InChI is InChI=1S/C14H23F3N2O/c1-9(2)13(18)7-19(8-13)12(20)10-3-5-11(6-4-10)14(15,16)17/h9-11H,3-8,18H2,1-2H3. The molecule has 6 heteroatoms. The molecule has 3 nitrogen and oxygen atoms in total. The maximum Gasteiger partial charge on any atom is 0.391 e. The average molecular weight is 292 g/mol. The highest BCUT2D eigenvalue weighted by atomic mass is 19.4. The first-order chi connectivity index (χ1) is 9.13. The smallest absolute Gasteiger partial charge is 0.339 e. The Kier molecular flexibility index (Phi) is 4.06. The average Bonchev–Trinajstić information content (AvgIpc) is 2.33.